The third kappa shape index (κ3) is 3.50. The molecule has 2 atom stereocenters. The van der Waals surface area contributed by atoms with Crippen molar-refractivity contribution in [1.29, 1.82) is 0 Å². The van der Waals surface area contributed by atoms with Gasteiger partial charge in [-0.15, -0.1) is 0 Å². The molecule has 1 aliphatic rings. The van der Waals surface area contributed by atoms with Crippen LogP contribution in [0, 0.1) is 5.82 Å². The number of methoxy groups -OCH3 is 1. The lowest BCUT2D eigenvalue weighted by molar-refractivity contribution is 0.204. The van der Waals surface area contributed by atoms with Crippen molar-refractivity contribution in [2.75, 3.05) is 18.2 Å². The van der Waals surface area contributed by atoms with E-state index >= 15 is 0 Å². The Morgan fingerprint density at radius 2 is 2.00 bits per heavy atom. The molecule has 0 saturated heterocycles. The third-order valence-electron chi connectivity index (χ3n) is 5.38. The van der Waals surface area contributed by atoms with Gasteiger partial charge in [-0.1, -0.05) is 0 Å². The molecule has 0 amide bonds. The van der Waals surface area contributed by atoms with E-state index in [1.807, 2.05) is 0 Å². The topological polar surface area (TPSA) is 153 Å². The zero-order chi connectivity index (χ0) is 23.3. The smallest absolute Gasteiger partial charge is 0.232 e. The van der Waals surface area contributed by atoms with E-state index in [0.717, 1.165) is 6.92 Å². The van der Waals surface area contributed by atoms with Gasteiger partial charge in [-0.05, 0) is 38.1 Å². The Balaban J connectivity index is 1.77. The summed E-state index contributed by atoms with van der Waals surface area (Å²) < 4.78 is 45.1. The fraction of sp³-hybridized carbons (Fsp3) is 0.300. The van der Waals surface area contributed by atoms with E-state index in [1.54, 1.807) is 6.07 Å². The molecule has 1 aliphatic heterocycles. The zero-order valence-corrected chi connectivity index (χ0v) is 18.3. The predicted octanol–water partition coefficient (Wildman–Crippen LogP) is 1.63. The number of fused-ring (bicyclic) bond motifs is 1. The third-order valence-corrected chi connectivity index (χ3v) is 7.74. The maximum atomic E-state index is 14.8. The van der Waals surface area contributed by atoms with E-state index in [4.69, 9.17) is 10.5 Å². The fourth-order valence-electron chi connectivity index (χ4n) is 3.48. The van der Waals surface area contributed by atoms with E-state index in [0.29, 0.717) is 28.4 Å². The molecule has 0 unspecified atom stereocenters. The zero-order valence-electron chi connectivity index (χ0n) is 17.5. The number of aromatic nitrogens is 3. The standard InChI is InChI=1S/C20H21FN6O4S/c1-19(10-32(29,30)20(2,28)18(22)27-19)12-8-11(4-5-13(12)21)25-17-16-14(6-7-23-17)26-15(31-3)9-24-16/h4-9,28H,10H2,1-3H3,(H2,22,27)(H,23,25)/t19-,20+/m0/s1. The van der Waals surface area contributed by atoms with E-state index in [1.165, 1.54) is 44.6 Å². The quantitative estimate of drug-likeness (QED) is 0.527. The predicted molar refractivity (Wildman–Crippen MR) is 117 cm³/mol. The molecule has 2 aromatic heterocycles. The number of amidine groups is 1. The van der Waals surface area contributed by atoms with E-state index in [2.05, 4.69) is 25.3 Å². The number of halogens is 1. The van der Waals surface area contributed by atoms with Crippen LogP contribution in [-0.4, -0.2) is 52.1 Å². The minimum absolute atomic E-state index is 0.00230. The molecule has 3 aromatic rings. The summed E-state index contributed by atoms with van der Waals surface area (Å²) in [5, 5.41) is 13.3. The molecule has 0 radical (unpaired) electrons. The number of benzene rings is 1. The largest absolute Gasteiger partial charge is 0.480 e. The lowest BCUT2D eigenvalue weighted by Crippen LogP contribution is -2.56. The van der Waals surface area contributed by atoms with Crippen molar-refractivity contribution in [3.05, 3.63) is 48.0 Å². The van der Waals surface area contributed by atoms with E-state index < -0.39 is 37.7 Å². The first-order valence-electron chi connectivity index (χ1n) is 9.50. The van der Waals surface area contributed by atoms with Crippen LogP contribution in [0.2, 0.25) is 0 Å². The number of sulfone groups is 1. The van der Waals surface area contributed by atoms with Crippen LogP contribution < -0.4 is 15.8 Å². The summed E-state index contributed by atoms with van der Waals surface area (Å²) in [5.41, 5.74) is 5.63. The van der Waals surface area contributed by atoms with Gasteiger partial charge in [-0.3, -0.25) is 4.99 Å². The number of hydrogen-bond acceptors (Lipinski definition) is 10. The molecule has 4 N–H and O–H groups in total. The summed E-state index contributed by atoms with van der Waals surface area (Å²) in [5.74, 6) is -1.07. The molecule has 0 fully saturated rings. The molecule has 168 valence electrons. The van der Waals surface area contributed by atoms with Gasteiger partial charge in [0.25, 0.3) is 0 Å². The van der Waals surface area contributed by atoms with E-state index in [-0.39, 0.29) is 5.56 Å². The molecular formula is C20H21FN6O4S. The highest BCUT2D eigenvalue weighted by Gasteiger charge is 2.51. The molecule has 0 bridgehead atoms. The molecule has 3 heterocycles. The molecule has 0 saturated carbocycles. The SMILES string of the molecule is COc1cnc2c(Nc3ccc(F)c([C@]4(C)CS(=O)(=O)[C@@](C)(O)C(N)=N4)c3)nccc2n1. The highest BCUT2D eigenvalue weighted by molar-refractivity contribution is 7.93. The van der Waals surface area contributed by atoms with Crippen LogP contribution in [0.15, 0.2) is 41.7 Å². The van der Waals surface area contributed by atoms with Gasteiger partial charge in [-0.2, -0.15) is 0 Å². The number of rotatable bonds is 4. The van der Waals surface area contributed by atoms with Crippen LogP contribution in [0.5, 0.6) is 5.88 Å². The number of anilines is 2. The summed E-state index contributed by atoms with van der Waals surface area (Å²) >= 11 is 0. The first-order valence-corrected chi connectivity index (χ1v) is 11.2. The number of pyridine rings is 1. The summed E-state index contributed by atoms with van der Waals surface area (Å²) in [4.78, 5) is 14.7. The number of nitrogens with zero attached hydrogens (tertiary/aromatic N) is 4. The normalized spacial score (nSPS) is 24.7. The van der Waals surface area contributed by atoms with Gasteiger partial charge in [0.2, 0.25) is 10.8 Å². The Morgan fingerprint density at radius 1 is 1.25 bits per heavy atom. The van der Waals surface area contributed by atoms with Crippen LogP contribution >= 0.6 is 0 Å². The highest BCUT2D eigenvalue weighted by Crippen LogP contribution is 2.38. The second-order valence-electron chi connectivity index (χ2n) is 7.77. The minimum atomic E-state index is -4.12. The Kier molecular flexibility index (Phi) is 5.01. The molecule has 12 heteroatoms. The van der Waals surface area contributed by atoms with Gasteiger partial charge in [-0.25, -0.2) is 27.8 Å². The Hall–Kier alpha value is -3.38. The Morgan fingerprint density at radius 3 is 2.69 bits per heavy atom. The van der Waals surface area contributed by atoms with Gasteiger partial charge >= 0.3 is 0 Å². The van der Waals surface area contributed by atoms with Gasteiger partial charge < -0.3 is 20.9 Å². The van der Waals surface area contributed by atoms with Crippen molar-refractivity contribution >= 4 is 38.2 Å². The first kappa shape index (κ1) is 21.8. The molecule has 0 aliphatic carbocycles. The van der Waals surface area contributed by atoms with Gasteiger partial charge in [0.05, 0.1) is 24.6 Å². The van der Waals surface area contributed by atoms with Gasteiger partial charge in [0.15, 0.2) is 15.7 Å². The number of aliphatic hydroxyl groups is 1. The number of nitrogens with two attached hydrogens (primary N) is 1. The maximum absolute atomic E-state index is 14.8. The Bertz CT molecular complexity index is 1360. The van der Waals surface area contributed by atoms with Crippen molar-refractivity contribution < 1.29 is 22.7 Å². The molecule has 10 nitrogen and oxygen atoms in total. The summed E-state index contributed by atoms with van der Waals surface area (Å²) in [6.45, 7) is 2.50. The average Bonchev–Trinajstić information content (AvgIpc) is 2.73. The summed E-state index contributed by atoms with van der Waals surface area (Å²) in [7, 11) is -2.64. The summed E-state index contributed by atoms with van der Waals surface area (Å²) in [6.07, 6.45) is 2.98. The number of ether oxygens (including phenoxy) is 1. The average molecular weight is 460 g/mol. The van der Waals surface area contributed by atoms with E-state index in [9.17, 15) is 17.9 Å². The van der Waals surface area contributed by atoms with Crippen LogP contribution in [0.4, 0.5) is 15.9 Å². The Labute approximate surface area is 183 Å². The molecule has 32 heavy (non-hydrogen) atoms. The van der Waals surface area contributed by atoms with Crippen molar-refractivity contribution in [2.45, 2.75) is 24.3 Å². The van der Waals surface area contributed by atoms with Crippen LogP contribution in [0.3, 0.4) is 0 Å². The summed E-state index contributed by atoms with van der Waals surface area (Å²) in [6, 6.07) is 5.76. The van der Waals surface area contributed by atoms with Crippen LogP contribution in [0.25, 0.3) is 11.0 Å². The van der Waals surface area contributed by atoms with Gasteiger partial charge in [0.1, 0.15) is 22.7 Å². The van der Waals surface area contributed by atoms with Gasteiger partial charge in [0, 0.05) is 17.4 Å². The second kappa shape index (κ2) is 7.35. The lowest BCUT2D eigenvalue weighted by atomic mass is 9.93. The van der Waals surface area contributed by atoms with Crippen molar-refractivity contribution in [3.63, 3.8) is 0 Å². The second-order valence-corrected chi connectivity index (χ2v) is 10.1. The van der Waals surface area contributed by atoms with Crippen LogP contribution in [0.1, 0.15) is 19.4 Å². The minimum Gasteiger partial charge on any atom is -0.480 e. The number of hydrogen-bond donors (Lipinski definition) is 3. The van der Waals surface area contributed by atoms with Crippen molar-refractivity contribution in [1.82, 2.24) is 15.0 Å². The highest BCUT2D eigenvalue weighted by atomic mass is 32.2. The van der Waals surface area contributed by atoms with Crippen LogP contribution in [-0.2, 0) is 15.4 Å². The molecular weight excluding hydrogens is 439 g/mol. The maximum Gasteiger partial charge on any atom is 0.232 e. The molecule has 0 spiro atoms. The number of nitrogens with one attached hydrogen (secondary N) is 1. The first-order chi connectivity index (χ1) is 15.0. The lowest BCUT2D eigenvalue weighted by Gasteiger charge is -2.37. The number of aliphatic imine (C=N–C) groups is 1. The molecule has 1 aromatic carbocycles. The monoisotopic (exact) mass is 460 g/mol. The molecule has 4 rings (SSSR count). The van der Waals surface area contributed by atoms with Crippen molar-refractivity contribution in [3.8, 4) is 5.88 Å². The van der Waals surface area contributed by atoms with Crippen molar-refractivity contribution in [2.24, 2.45) is 10.7 Å². The fourth-order valence-corrected chi connectivity index (χ4v) is 5.09.